The number of hydrogen-bond donors (Lipinski definition) is 1. The Kier molecular flexibility index (Phi) is 7.16. The van der Waals surface area contributed by atoms with Crippen LogP contribution in [0.4, 0.5) is 17.3 Å². The minimum atomic E-state index is -0.215. The van der Waals surface area contributed by atoms with Crippen molar-refractivity contribution >= 4 is 23.2 Å². The molecule has 2 rings (SSSR count). The largest absolute Gasteiger partial charge is 0.372 e. The number of aryl methyl sites for hydroxylation is 2. The third-order valence-electron chi connectivity index (χ3n) is 4.71. The van der Waals surface area contributed by atoms with E-state index in [0.717, 1.165) is 48.8 Å². The van der Waals surface area contributed by atoms with Crippen molar-refractivity contribution in [2.75, 3.05) is 41.3 Å². The van der Waals surface area contributed by atoms with Crippen molar-refractivity contribution in [3.8, 4) is 0 Å². The summed E-state index contributed by atoms with van der Waals surface area (Å²) in [6.07, 6.45) is 0. The lowest BCUT2D eigenvalue weighted by Crippen LogP contribution is -2.26. The van der Waals surface area contributed by atoms with Crippen LogP contribution in [0.1, 0.15) is 49.4 Å². The third kappa shape index (κ3) is 4.96. The van der Waals surface area contributed by atoms with E-state index in [1.165, 1.54) is 0 Å². The molecule has 0 saturated carbocycles. The predicted octanol–water partition coefficient (Wildman–Crippen LogP) is 4.04. The summed E-state index contributed by atoms with van der Waals surface area (Å²) < 4.78 is 0. The Morgan fingerprint density at radius 1 is 0.926 bits per heavy atom. The van der Waals surface area contributed by atoms with Crippen LogP contribution in [-0.4, -0.2) is 42.1 Å². The molecule has 0 bridgehead atoms. The van der Waals surface area contributed by atoms with Gasteiger partial charge in [-0.15, -0.1) is 0 Å². The molecule has 1 aromatic carbocycles. The molecule has 1 heterocycles. The first kappa shape index (κ1) is 20.7. The van der Waals surface area contributed by atoms with E-state index in [4.69, 9.17) is 0 Å². The molecule has 146 valence electrons. The molecule has 0 aliphatic rings. The fraction of sp³-hybridized carbons (Fsp3) is 0.476. The summed E-state index contributed by atoms with van der Waals surface area (Å²) in [6.45, 7) is 15.8. The number of anilines is 3. The zero-order chi connectivity index (χ0) is 20.0. The molecule has 2 aromatic rings. The molecule has 0 spiro atoms. The minimum absolute atomic E-state index is 0.215. The number of nitrogens with zero attached hydrogens (tertiary/aromatic N) is 4. The van der Waals surface area contributed by atoms with Gasteiger partial charge in [-0.25, -0.2) is 9.97 Å². The molecule has 0 fully saturated rings. The van der Waals surface area contributed by atoms with Crippen molar-refractivity contribution in [3.63, 3.8) is 0 Å². The van der Waals surface area contributed by atoms with Crippen LogP contribution in [0.15, 0.2) is 24.3 Å². The van der Waals surface area contributed by atoms with Crippen molar-refractivity contribution in [1.29, 1.82) is 0 Å². The molecule has 1 aromatic heterocycles. The van der Waals surface area contributed by atoms with Crippen LogP contribution in [0.25, 0.3) is 0 Å². The number of aromatic nitrogens is 2. The van der Waals surface area contributed by atoms with Gasteiger partial charge in [-0.2, -0.15) is 0 Å². The number of rotatable bonds is 8. The smallest absolute Gasteiger partial charge is 0.274 e. The molecule has 0 atom stereocenters. The van der Waals surface area contributed by atoms with Crippen LogP contribution in [0.2, 0.25) is 0 Å². The molecule has 6 heteroatoms. The fourth-order valence-corrected chi connectivity index (χ4v) is 3.08. The van der Waals surface area contributed by atoms with Crippen LogP contribution >= 0.6 is 0 Å². The van der Waals surface area contributed by atoms with Crippen LogP contribution in [0, 0.1) is 13.8 Å². The van der Waals surface area contributed by atoms with E-state index < -0.39 is 0 Å². The molecular formula is C21H31N5O. The lowest BCUT2D eigenvalue weighted by Gasteiger charge is -2.22. The van der Waals surface area contributed by atoms with Crippen molar-refractivity contribution in [2.45, 2.75) is 41.5 Å². The summed E-state index contributed by atoms with van der Waals surface area (Å²) in [5.41, 5.74) is 4.17. The lowest BCUT2D eigenvalue weighted by molar-refractivity contribution is 0.102. The number of benzene rings is 1. The predicted molar refractivity (Wildman–Crippen MR) is 113 cm³/mol. The number of amides is 1. The van der Waals surface area contributed by atoms with E-state index in [2.05, 4.69) is 53.9 Å². The first-order valence-electron chi connectivity index (χ1n) is 9.70. The van der Waals surface area contributed by atoms with Gasteiger partial charge in [-0.3, -0.25) is 4.79 Å². The highest BCUT2D eigenvalue weighted by atomic mass is 16.1. The quantitative estimate of drug-likeness (QED) is 0.761. The average molecular weight is 370 g/mol. The Hall–Kier alpha value is -2.63. The summed E-state index contributed by atoms with van der Waals surface area (Å²) in [5.74, 6) is 0.381. The van der Waals surface area contributed by atoms with Gasteiger partial charge < -0.3 is 15.1 Å². The Bertz CT molecular complexity index is 782. The summed E-state index contributed by atoms with van der Waals surface area (Å²) in [6, 6.07) is 7.83. The van der Waals surface area contributed by atoms with Gasteiger partial charge in [-0.1, -0.05) is 0 Å². The summed E-state index contributed by atoms with van der Waals surface area (Å²) in [4.78, 5) is 26.0. The van der Waals surface area contributed by atoms with E-state index >= 15 is 0 Å². The molecular weight excluding hydrogens is 338 g/mol. The monoisotopic (exact) mass is 369 g/mol. The van der Waals surface area contributed by atoms with Crippen LogP contribution in [0.3, 0.4) is 0 Å². The number of carbonyl (C=O) groups excluding carboxylic acids is 1. The van der Waals surface area contributed by atoms with Crippen LogP contribution in [0.5, 0.6) is 0 Å². The highest BCUT2D eigenvalue weighted by Gasteiger charge is 2.15. The van der Waals surface area contributed by atoms with Crippen molar-refractivity contribution < 1.29 is 4.79 Å². The van der Waals surface area contributed by atoms with Gasteiger partial charge in [0.05, 0.1) is 0 Å². The van der Waals surface area contributed by atoms with Crippen LogP contribution < -0.4 is 15.1 Å². The molecule has 0 radical (unpaired) electrons. The normalized spacial score (nSPS) is 10.6. The topological polar surface area (TPSA) is 61.4 Å². The number of carbonyl (C=O) groups is 1. The van der Waals surface area contributed by atoms with Crippen molar-refractivity contribution in [3.05, 3.63) is 41.2 Å². The Morgan fingerprint density at radius 2 is 1.56 bits per heavy atom. The van der Waals surface area contributed by atoms with Crippen molar-refractivity contribution in [1.82, 2.24) is 9.97 Å². The summed E-state index contributed by atoms with van der Waals surface area (Å²) >= 11 is 0. The van der Waals surface area contributed by atoms with Gasteiger partial charge in [0.1, 0.15) is 5.69 Å². The van der Waals surface area contributed by atoms with Crippen molar-refractivity contribution in [2.24, 2.45) is 0 Å². The number of nitrogens with one attached hydrogen (secondary N) is 1. The van der Waals surface area contributed by atoms with E-state index in [1.54, 1.807) is 6.07 Å². The highest BCUT2D eigenvalue weighted by Crippen LogP contribution is 2.23. The second-order valence-corrected chi connectivity index (χ2v) is 6.49. The number of hydrogen-bond acceptors (Lipinski definition) is 5. The molecule has 0 aliphatic heterocycles. The maximum absolute atomic E-state index is 12.8. The molecule has 1 N–H and O–H groups in total. The maximum Gasteiger partial charge on any atom is 0.274 e. The zero-order valence-electron chi connectivity index (χ0n) is 17.3. The molecule has 0 saturated heterocycles. The summed E-state index contributed by atoms with van der Waals surface area (Å²) in [5, 5.41) is 2.99. The molecule has 0 unspecified atom stereocenters. The Labute approximate surface area is 162 Å². The first-order chi connectivity index (χ1) is 12.9. The first-order valence-corrected chi connectivity index (χ1v) is 9.70. The van der Waals surface area contributed by atoms with Gasteiger partial charge in [0.2, 0.25) is 5.95 Å². The maximum atomic E-state index is 12.8. The van der Waals surface area contributed by atoms with Gasteiger partial charge in [0, 0.05) is 43.2 Å². The Balaban J connectivity index is 2.25. The standard InChI is InChI=1S/C21H31N5O/c1-7-25(8-2)17-11-12-18(15(5)13-17)23-20(27)19-14-16(6)22-21(24-19)26(9-3)10-4/h11-14H,7-10H2,1-6H3,(H,23,27). The molecule has 27 heavy (non-hydrogen) atoms. The second-order valence-electron chi connectivity index (χ2n) is 6.49. The lowest BCUT2D eigenvalue weighted by atomic mass is 10.1. The van der Waals surface area contributed by atoms with Gasteiger partial charge >= 0.3 is 0 Å². The molecule has 1 amide bonds. The Morgan fingerprint density at radius 3 is 2.11 bits per heavy atom. The van der Waals surface area contributed by atoms with Crippen LogP contribution in [-0.2, 0) is 0 Å². The van der Waals surface area contributed by atoms with Gasteiger partial charge in [-0.05, 0) is 71.4 Å². The second kappa shape index (κ2) is 9.35. The SMILES string of the molecule is CCN(CC)c1ccc(NC(=O)c2cc(C)nc(N(CC)CC)n2)c(C)c1. The van der Waals surface area contributed by atoms with E-state index in [-0.39, 0.29) is 5.91 Å². The van der Waals surface area contributed by atoms with E-state index in [9.17, 15) is 4.79 Å². The fourth-order valence-electron chi connectivity index (χ4n) is 3.08. The zero-order valence-corrected chi connectivity index (χ0v) is 17.3. The van der Waals surface area contributed by atoms with Gasteiger partial charge in [0.25, 0.3) is 5.91 Å². The summed E-state index contributed by atoms with van der Waals surface area (Å²) in [7, 11) is 0. The average Bonchev–Trinajstić information content (AvgIpc) is 2.65. The minimum Gasteiger partial charge on any atom is -0.372 e. The molecule has 6 nitrogen and oxygen atoms in total. The highest BCUT2D eigenvalue weighted by molar-refractivity contribution is 6.03. The third-order valence-corrected chi connectivity index (χ3v) is 4.71. The van der Waals surface area contributed by atoms with E-state index in [1.807, 2.05) is 30.9 Å². The van der Waals surface area contributed by atoms with Gasteiger partial charge in [0.15, 0.2) is 0 Å². The van der Waals surface area contributed by atoms with E-state index in [0.29, 0.717) is 11.6 Å². The molecule has 0 aliphatic carbocycles.